The van der Waals surface area contributed by atoms with Crippen molar-refractivity contribution in [3.05, 3.63) is 95.6 Å². The minimum Gasteiger partial charge on any atom is -0.504 e. The molecular weight excluding hydrogens is 614 g/mol. The molecule has 0 bridgehead atoms. The van der Waals surface area contributed by atoms with Gasteiger partial charge in [-0.1, -0.05) is 0 Å². The van der Waals surface area contributed by atoms with E-state index in [0.29, 0.717) is 39.6 Å². The highest BCUT2D eigenvalue weighted by atomic mass is 32.2. The topological polar surface area (TPSA) is 187 Å². The van der Waals surface area contributed by atoms with Gasteiger partial charge in [-0.15, -0.1) is 0 Å². The lowest BCUT2D eigenvalue weighted by Gasteiger charge is -2.16. The number of hydrogen-bond donors (Lipinski definition) is 7. The quantitative estimate of drug-likeness (QED) is 0.105. The molecule has 0 unspecified atom stereocenters. The average molecular weight is 646 g/mol. The Morgan fingerprint density at radius 1 is 0.717 bits per heavy atom. The van der Waals surface area contributed by atoms with Gasteiger partial charge in [-0.3, -0.25) is 19.2 Å². The van der Waals surface area contributed by atoms with Gasteiger partial charge in [-0.2, -0.15) is 0 Å². The van der Waals surface area contributed by atoms with Gasteiger partial charge in [0.1, 0.15) is 5.75 Å². The number of anilines is 4. The van der Waals surface area contributed by atoms with Crippen LogP contribution < -0.4 is 36.1 Å². The van der Waals surface area contributed by atoms with E-state index in [9.17, 15) is 28.8 Å². The molecule has 0 aliphatic carbocycles. The summed E-state index contributed by atoms with van der Waals surface area (Å²) in [5.74, 6) is -2.41. The summed E-state index contributed by atoms with van der Waals surface area (Å²) in [6.45, 7) is -0.255. The Hall–Kier alpha value is -5.73. The molecule has 0 aliphatic rings. The monoisotopic (exact) mass is 645 g/mol. The van der Waals surface area contributed by atoms with E-state index in [1.54, 1.807) is 43.4 Å². The van der Waals surface area contributed by atoms with Crippen LogP contribution >= 0.6 is 12.0 Å². The molecule has 0 saturated carbocycles. The van der Waals surface area contributed by atoms with Crippen LogP contribution in [0.1, 0.15) is 31.1 Å². The van der Waals surface area contributed by atoms with Gasteiger partial charge in [-0.25, -0.2) is 0 Å². The maximum atomic E-state index is 13.0. The predicted octanol–water partition coefficient (Wildman–Crippen LogP) is 4.89. The molecule has 0 fully saturated rings. The molecule has 0 atom stereocenters. The van der Waals surface area contributed by atoms with E-state index in [4.69, 9.17) is 9.47 Å². The Labute approximate surface area is 268 Å². The van der Waals surface area contributed by atoms with Crippen molar-refractivity contribution in [3.63, 3.8) is 0 Å². The lowest BCUT2D eigenvalue weighted by molar-refractivity contribution is -0.115. The van der Waals surface area contributed by atoms with Crippen molar-refractivity contribution >= 4 is 58.4 Å². The molecule has 0 spiro atoms. The zero-order valence-corrected chi connectivity index (χ0v) is 25.8. The van der Waals surface area contributed by atoms with E-state index in [-0.39, 0.29) is 29.1 Å². The van der Waals surface area contributed by atoms with E-state index in [1.165, 1.54) is 56.7 Å². The van der Waals surface area contributed by atoms with Crippen LogP contribution in [-0.4, -0.2) is 61.1 Å². The molecule has 0 aromatic heterocycles. The molecule has 0 saturated heterocycles. The number of phenols is 1. The Bertz CT molecular complexity index is 1750. The Morgan fingerprint density at radius 3 is 1.93 bits per heavy atom. The predicted molar refractivity (Wildman–Crippen MR) is 175 cm³/mol. The first-order valence-electron chi connectivity index (χ1n) is 13.7. The molecule has 14 heteroatoms. The van der Waals surface area contributed by atoms with E-state index >= 15 is 0 Å². The van der Waals surface area contributed by atoms with Crippen molar-refractivity contribution in [1.29, 1.82) is 0 Å². The summed E-state index contributed by atoms with van der Waals surface area (Å²) < 4.78 is 19.8. The van der Waals surface area contributed by atoms with Crippen LogP contribution in [0.25, 0.3) is 0 Å². The Balaban J connectivity index is 1.36. The van der Waals surface area contributed by atoms with Crippen LogP contribution in [0.3, 0.4) is 0 Å². The highest BCUT2D eigenvalue weighted by Gasteiger charge is 2.21. The zero-order chi connectivity index (χ0) is 33.2. The van der Waals surface area contributed by atoms with E-state index in [0.717, 1.165) is 5.69 Å². The number of nitrogens with one attached hydrogen (secondary N) is 5. The van der Waals surface area contributed by atoms with Crippen molar-refractivity contribution in [1.82, 2.24) is 5.32 Å². The minimum atomic E-state index is -0.670. The normalized spacial score (nSPS) is 10.3. The largest absolute Gasteiger partial charge is 0.504 e. The summed E-state index contributed by atoms with van der Waals surface area (Å²) in [5, 5.41) is 24.3. The zero-order valence-electron chi connectivity index (χ0n) is 25.0. The first-order chi connectivity index (χ1) is 22.2. The number of phenolic OH excluding ortho intramolecular Hbond substituents is 1. The average Bonchev–Trinajstić information content (AvgIpc) is 3.07. The van der Waals surface area contributed by atoms with Gasteiger partial charge in [0.25, 0.3) is 17.7 Å². The number of carbonyl (C=O) groups excluding carboxylic acids is 4. The minimum absolute atomic E-state index is 0.108. The number of ether oxygens (including phenoxy) is 2. The second-order valence-corrected chi connectivity index (χ2v) is 10.2. The number of methoxy groups -OCH3 is 2. The highest BCUT2D eigenvalue weighted by molar-refractivity contribution is 7.93. The van der Waals surface area contributed by atoms with Crippen molar-refractivity contribution in [2.24, 2.45) is 0 Å². The lowest BCUT2D eigenvalue weighted by Crippen LogP contribution is -2.32. The number of hydrogen-bond acceptors (Lipinski definition) is 10. The molecule has 0 aliphatic heterocycles. The number of amides is 4. The maximum absolute atomic E-state index is 13.0. The molecule has 4 aromatic rings. The molecule has 0 radical (unpaired) electrons. The van der Waals surface area contributed by atoms with E-state index < -0.39 is 29.4 Å². The van der Waals surface area contributed by atoms with Crippen molar-refractivity contribution in [2.45, 2.75) is 4.90 Å². The summed E-state index contributed by atoms with van der Waals surface area (Å²) in [5.41, 5.74) is 2.19. The number of rotatable bonds is 12. The Kier molecular flexibility index (Phi) is 11.0. The fourth-order valence-corrected chi connectivity index (χ4v) is 4.52. The fraction of sp³-hybridized carbons (Fsp3) is 0.125. The molecule has 7 N–H and O–H groups in total. The molecule has 4 rings (SSSR count). The molecule has 46 heavy (non-hydrogen) atoms. The van der Waals surface area contributed by atoms with Crippen LogP contribution in [0, 0.1) is 0 Å². The number of aromatic hydroxyl groups is 1. The Morgan fingerprint density at radius 2 is 1.33 bits per heavy atom. The second-order valence-electron chi connectivity index (χ2n) is 9.54. The fourth-order valence-electron chi connectivity index (χ4n) is 4.24. The third-order valence-corrected chi connectivity index (χ3v) is 7.10. The molecule has 0 heterocycles. The molecule has 4 aromatic carbocycles. The third kappa shape index (κ3) is 8.05. The van der Waals surface area contributed by atoms with Gasteiger partial charge in [0.05, 0.1) is 37.7 Å². The number of benzene rings is 4. The number of carbonyl (C=O) groups is 4. The second kappa shape index (κ2) is 15.3. The van der Waals surface area contributed by atoms with Gasteiger partial charge in [0.15, 0.2) is 11.5 Å². The van der Waals surface area contributed by atoms with Crippen molar-refractivity contribution < 1.29 is 38.3 Å². The van der Waals surface area contributed by atoms with Gasteiger partial charge >= 0.3 is 0 Å². The first kappa shape index (κ1) is 33.2. The molecule has 238 valence electrons. The van der Waals surface area contributed by atoms with Crippen LogP contribution in [0.5, 0.6) is 17.2 Å². The van der Waals surface area contributed by atoms with Crippen LogP contribution in [0.15, 0.2) is 83.8 Å². The summed E-state index contributed by atoms with van der Waals surface area (Å²) in [4.78, 5) is 51.1. The molecular formula is C32H31N5O8S. The highest BCUT2D eigenvalue weighted by Crippen LogP contribution is 2.38. The van der Waals surface area contributed by atoms with Gasteiger partial charge in [0.2, 0.25) is 5.91 Å². The summed E-state index contributed by atoms with van der Waals surface area (Å²) in [6, 6.07) is 20.2. The van der Waals surface area contributed by atoms with Crippen LogP contribution in [0.2, 0.25) is 0 Å². The van der Waals surface area contributed by atoms with Gasteiger partial charge in [-0.05, 0) is 78.9 Å². The lowest BCUT2D eigenvalue weighted by atomic mass is 10.1. The van der Waals surface area contributed by atoms with Crippen molar-refractivity contribution in [2.75, 3.05) is 49.1 Å². The third-order valence-electron chi connectivity index (χ3n) is 6.63. The summed E-state index contributed by atoms with van der Waals surface area (Å²) in [6.07, 6.45) is 0. The maximum Gasteiger partial charge on any atom is 0.259 e. The smallest absolute Gasteiger partial charge is 0.259 e. The van der Waals surface area contributed by atoms with Gasteiger partial charge < -0.3 is 45.7 Å². The molecule has 4 amide bonds. The standard InChI is InChI=1S/C32H31N5O8S/c1-33-20-8-4-18(5-9-20)30(40)34-17-27(38)35-21-10-6-19(7-11-21)31(41)37-25-15-13-23(28(39)29(25)45-3)32(42)36-24-14-12-22(46-43)16-26(24)44-2/h4-16,33,39,43H,17H2,1-3H3,(H,34,40)(H,35,38)(H,36,42)(H,37,41). The van der Waals surface area contributed by atoms with Gasteiger partial charge in [0, 0.05) is 46.5 Å². The van der Waals surface area contributed by atoms with Crippen molar-refractivity contribution in [3.8, 4) is 17.2 Å². The SMILES string of the molecule is CNc1ccc(C(=O)NCC(=O)Nc2ccc(C(=O)Nc3ccc(C(=O)Nc4ccc(SO)cc4OC)c(O)c3OC)cc2)cc1. The molecule has 13 nitrogen and oxygen atoms in total. The van der Waals surface area contributed by atoms with Crippen LogP contribution in [0.4, 0.5) is 22.7 Å². The van der Waals surface area contributed by atoms with Crippen LogP contribution in [-0.2, 0) is 4.79 Å². The first-order valence-corrected chi connectivity index (χ1v) is 14.4. The summed E-state index contributed by atoms with van der Waals surface area (Å²) in [7, 11) is 4.46. The summed E-state index contributed by atoms with van der Waals surface area (Å²) >= 11 is 0.526. The van der Waals surface area contributed by atoms with E-state index in [1.807, 2.05) is 0 Å². The van der Waals surface area contributed by atoms with E-state index in [2.05, 4.69) is 26.6 Å².